The molecule has 27 heavy (non-hydrogen) atoms. The van der Waals surface area contributed by atoms with Gasteiger partial charge in [0.05, 0.1) is 0 Å². The Balaban J connectivity index is 1.69. The first-order valence-corrected chi connectivity index (χ1v) is 10.5. The maximum atomic E-state index is 2.41. The normalized spacial score (nSPS) is 14.2. The van der Waals surface area contributed by atoms with Crippen LogP contribution in [0.4, 0.5) is 0 Å². The second-order valence-corrected chi connectivity index (χ2v) is 9.33. The predicted molar refractivity (Wildman–Crippen MR) is 124 cm³/mol. The third-order valence-corrected chi connectivity index (χ3v) is 6.71. The van der Waals surface area contributed by atoms with E-state index in [4.69, 9.17) is 0 Å². The molecule has 0 aromatic heterocycles. The summed E-state index contributed by atoms with van der Waals surface area (Å²) in [7, 11) is 0. The summed E-state index contributed by atoms with van der Waals surface area (Å²) >= 11 is 2.37. The lowest BCUT2D eigenvalue weighted by Gasteiger charge is -2.22. The molecule has 0 aliphatic heterocycles. The molecule has 0 N–H and O–H groups in total. The Morgan fingerprint density at radius 3 is 2.26 bits per heavy atom. The minimum absolute atomic E-state index is 0.0413. The van der Waals surface area contributed by atoms with Gasteiger partial charge in [-0.15, -0.1) is 0 Å². The van der Waals surface area contributed by atoms with Crippen LogP contribution in [0.2, 0.25) is 0 Å². The molecule has 1 aliphatic rings. The Morgan fingerprint density at radius 2 is 1.41 bits per heavy atom. The monoisotopic (exact) mass is 460 g/mol. The van der Waals surface area contributed by atoms with Crippen molar-refractivity contribution in [2.75, 3.05) is 0 Å². The van der Waals surface area contributed by atoms with Crippen LogP contribution in [0, 0.1) is 10.5 Å². The molecule has 132 valence electrons. The molecule has 0 nitrogen and oxygen atoms in total. The van der Waals surface area contributed by atoms with Gasteiger partial charge in [-0.1, -0.05) is 62.4 Å². The van der Waals surface area contributed by atoms with E-state index < -0.39 is 0 Å². The summed E-state index contributed by atoms with van der Waals surface area (Å²) < 4.78 is 1.28. The molecule has 0 saturated carbocycles. The van der Waals surface area contributed by atoms with Gasteiger partial charge >= 0.3 is 0 Å². The molecule has 0 atom stereocenters. The Bertz CT molecular complexity index is 1210. The van der Waals surface area contributed by atoms with Gasteiger partial charge in [-0.3, -0.25) is 0 Å². The Hall–Kier alpha value is -2.13. The van der Waals surface area contributed by atoms with E-state index in [1.807, 2.05) is 0 Å². The van der Waals surface area contributed by atoms with Gasteiger partial charge in [-0.2, -0.15) is 0 Å². The first-order chi connectivity index (χ1) is 12.9. The van der Waals surface area contributed by atoms with E-state index in [2.05, 4.69) is 116 Å². The van der Waals surface area contributed by atoms with Crippen molar-refractivity contribution in [1.82, 2.24) is 0 Å². The lowest BCUT2D eigenvalue weighted by atomic mass is 9.81. The highest BCUT2D eigenvalue weighted by Crippen LogP contribution is 2.50. The molecule has 4 aromatic carbocycles. The molecule has 0 bridgehead atoms. The van der Waals surface area contributed by atoms with Crippen molar-refractivity contribution in [3.05, 3.63) is 93.1 Å². The maximum Gasteiger partial charge on any atom is 0.0159 e. The first-order valence-electron chi connectivity index (χ1n) is 9.40. The minimum atomic E-state index is 0.0413. The number of rotatable bonds is 1. The third kappa shape index (κ3) is 2.55. The fraction of sp³-hybridized carbons (Fsp3) is 0.154. The van der Waals surface area contributed by atoms with Crippen molar-refractivity contribution < 1.29 is 0 Å². The van der Waals surface area contributed by atoms with E-state index >= 15 is 0 Å². The van der Waals surface area contributed by atoms with Gasteiger partial charge in [0.15, 0.2) is 0 Å². The van der Waals surface area contributed by atoms with Crippen molar-refractivity contribution in [2.45, 2.75) is 26.2 Å². The zero-order chi connectivity index (χ0) is 18.8. The Labute approximate surface area is 174 Å². The van der Waals surface area contributed by atoms with Crippen LogP contribution >= 0.6 is 22.6 Å². The van der Waals surface area contributed by atoms with E-state index in [1.54, 1.807) is 0 Å². The molecule has 5 rings (SSSR count). The average Bonchev–Trinajstić information content (AvgIpc) is 2.89. The number of benzene rings is 4. The van der Waals surface area contributed by atoms with Gasteiger partial charge < -0.3 is 0 Å². The molecule has 0 saturated heterocycles. The minimum Gasteiger partial charge on any atom is -0.0617 e. The van der Waals surface area contributed by atoms with E-state index in [-0.39, 0.29) is 5.41 Å². The molecule has 4 aromatic rings. The van der Waals surface area contributed by atoms with Gasteiger partial charge in [-0.25, -0.2) is 0 Å². The van der Waals surface area contributed by atoms with E-state index in [0.29, 0.717) is 0 Å². The van der Waals surface area contributed by atoms with Crippen LogP contribution in [-0.2, 0) is 5.41 Å². The number of aryl methyl sites for hydroxylation is 1. The fourth-order valence-electron chi connectivity index (χ4n) is 4.55. The quantitative estimate of drug-likeness (QED) is 0.255. The molecule has 0 heterocycles. The van der Waals surface area contributed by atoms with Crippen LogP contribution in [0.1, 0.15) is 30.5 Å². The lowest BCUT2D eigenvalue weighted by Crippen LogP contribution is -2.15. The highest BCUT2D eigenvalue weighted by atomic mass is 127. The van der Waals surface area contributed by atoms with Gasteiger partial charge in [0.2, 0.25) is 0 Å². The number of hydrogen-bond donors (Lipinski definition) is 0. The first kappa shape index (κ1) is 17.0. The smallest absolute Gasteiger partial charge is 0.0159 e. The fourth-order valence-corrected chi connectivity index (χ4v) is 5.06. The Kier molecular flexibility index (Phi) is 3.74. The summed E-state index contributed by atoms with van der Waals surface area (Å²) in [5, 5.41) is 2.60. The molecule has 0 fully saturated rings. The molecule has 0 radical (unpaired) electrons. The SMILES string of the molecule is Cc1cccc2c1-c1ccc(-c3ccc4cc(I)ccc4c3)cc1C2(C)C. The summed E-state index contributed by atoms with van der Waals surface area (Å²) in [5.74, 6) is 0. The topological polar surface area (TPSA) is 0 Å². The van der Waals surface area contributed by atoms with E-state index in [0.717, 1.165) is 0 Å². The van der Waals surface area contributed by atoms with Crippen molar-refractivity contribution >= 4 is 33.4 Å². The van der Waals surface area contributed by atoms with Gasteiger partial charge in [0.1, 0.15) is 0 Å². The van der Waals surface area contributed by atoms with E-state index in [9.17, 15) is 0 Å². The number of halogens is 1. The lowest BCUT2D eigenvalue weighted by molar-refractivity contribution is 0.660. The summed E-state index contributed by atoms with van der Waals surface area (Å²) in [5.41, 5.74) is 9.70. The van der Waals surface area contributed by atoms with Crippen molar-refractivity contribution in [2.24, 2.45) is 0 Å². The highest BCUT2D eigenvalue weighted by molar-refractivity contribution is 14.1. The van der Waals surface area contributed by atoms with Crippen LogP contribution in [-0.4, -0.2) is 0 Å². The summed E-state index contributed by atoms with van der Waals surface area (Å²) in [4.78, 5) is 0. The molecule has 0 amide bonds. The average molecular weight is 460 g/mol. The molecular weight excluding hydrogens is 439 g/mol. The van der Waals surface area contributed by atoms with Crippen LogP contribution in [0.3, 0.4) is 0 Å². The summed E-state index contributed by atoms with van der Waals surface area (Å²) in [6.07, 6.45) is 0. The van der Waals surface area contributed by atoms with Crippen LogP contribution in [0.5, 0.6) is 0 Å². The zero-order valence-corrected chi connectivity index (χ0v) is 18.0. The molecule has 1 aliphatic carbocycles. The van der Waals surface area contributed by atoms with Gasteiger partial charge in [0, 0.05) is 8.99 Å². The zero-order valence-electron chi connectivity index (χ0n) is 15.8. The predicted octanol–water partition coefficient (Wildman–Crippen LogP) is 7.73. The number of hydrogen-bond acceptors (Lipinski definition) is 0. The highest BCUT2D eigenvalue weighted by Gasteiger charge is 2.36. The number of fused-ring (bicyclic) bond motifs is 4. The van der Waals surface area contributed by atoms with Gasteiger partial charge in [0.25, 0.3) is 0 Å². The van der Waals surface area contributed by atoms with Gasteiger partial charge in [-0.05, 0) is 103 Å². The molecule has 1 heteroatoms. The second kappa shape index (κ2) is 5.93. The van der Waals surface area contributed by atoms with E-state index in [1.165, 1.54) is 53.3 Å². The largest absolute Gasteiger partial charge is 0.0617 e. The van der Waals surface area contributed by atoms with Crippen LogP contribution in [0.25, 0.3) is 33.0 Å². The van der Waals surface area contributed by atoms with Crippen molar-refractivity contribution in [3.63, 3.8) is 0 Å². The molecular formula is C26H21I. The second-order valence-electron chi connectivity index (χ2n) is 8.09. The molecule has 0 unspecified atom stereocenters. The maximum absolute atomic E-state index is 2.41. The van der Waals surface area contributed by atoms with Crippen LogP contribution < -0.4 is 0 Å². The summed E-state index contributed by atoms with van der Waals surface area (Å²) in [6.45, 7) is 6.93. The Morgan fingerprint density at radius 1 is 0.704 bits per heavy atom. The molecule has 0 spiro atoms. The summed E-state index contributed by atoms with van der Waals surface area (Å²) in [6, 6.07) is 27.2. The van der Waals surface area contributed by atoms with Crippen molar-refractivity contribution in [1.29, 1.82) is 0 Å². The standard InChI is InChI=1S/C26H21I/c1-16-5-4-6-23-25(16)22-12-10-20(15-24(22)26(23,2)3)17-7-8-19-14-21(27)11-9-18(19)13-17/h4-15H,1-3H3. The van der Waals surface area contributed by atoms with Crippen molar-refractivity contribution in [3.8, 4) is 22.3 Å². The third-order valence-electron chi connectivity index (χ3n) is 6.04. The van der Waals surface area contributed by atoms with Crippen LogP contribution in [0.15, 0.2) is 72.8 Å².